The highest BCUT2D eigenvalue weighted by Gasteiger charge is 2.03. The van der Waals surface area contributed by atoms with Crippen molar-refractivity contribution in [2.45, 2.75) is 12.8 Å². The summed E-state index contributed by atoms with van der Waals surface area (Å²) in [6, 6.07) is 7.73. The van der Waals surface area contributed by atoms with E-state index in [-0.39, 0.29) is 0 Å². The quantitative estimate of drug-likeness (QED) is 0.847. The van der Waals surface area contributed by atoms with Crippen LogP contribution < -0.4 is 5.32 Å². The van der Waals surface area contributed by atoms with Gasteiger partial charge in [0.1, 0.15) is 5.01 Å². The fourth-order valence-electron chi connectivity index (χ4n) is 1.37. The number of halogens is 1. The van der Waals surface area contributed by atoms with Gasteiger partial charge in [0.2, 0.25) is 11.5 Å². The van der Waals surface area contributed by atoms with E-state index in [1.54, 1.807) is 0 Å². The fourth-order valence-corrected chi connectivity index (χ4v) is 2.19. The molecule has 0 aliphatic carbocycles. The molecule has 0 aliphatic rings. The zero-order valence-corrected chi connectivity index (χ0v) is 10.5. The first-order valence-corrected chi connectivity index (χ1v) is 6.24. The molecule has 17 heavy (non-hydrogen) atoms. The van der Waals surface area contributed by atoms with Crippen molar-refractivity contribution in [3.8, 4) is 0 Å². The first-order chi connectivity index (χ1) is 8.28. The standard InChI is InChI=1S/C11H10ClN3OS/c12-9-4-1-8(2-5-9)3-6-10-14-15-11(17-10)13-7-16/h1-2,4-5,7H,3,6H2,(H,13,15,16). The maximum Gasteiger partial charge on any atom is 0.213 e. The van der Waals surface area contributed by atoms with Crippen LogP contribution in [0.3, 0.4) is 0 Å². The summed E-state index contributed by atoms with van der Waals surface area (Å²) >= 11 is 7.19. The number of nitrogens with one attached hydrogen (secondary N) is 1. The van der Waals surface area contributed by atoms with E-state index in [4.69, 9.17) is 11.6 Å². The molecule has 0 spiro atoms. The number of benzene rings is 1. The molecule has 2 rings (SSSR count). The van der Waals surface area contributed by atoms with Gasteiger partial charge in [-0.25, -0.2) is 0 Å². The predicted molar refractivity (Wildman–Crippen MR) is 68.5 cm³/mol. The van der Waals surface area contributed by atoms with E-state index in [2.05, 4.69) is 15.5 Å². The number of carbonyl (C=O) groups is 1. The summed E-state index contributed by atoms with van der Waals surface area (Å²) in [6.45, 7) is 0. The fraction of sp³-hybridized carbons (Fsp3) is 0.182. The molecule has 0 saturated heterocycles. The molecule has 1 heterocycles. The lowest BCUT2D eigenvalue weighted by Gasteiger charge is -1.98. The number of rotatable bonds is 5. The van der Waals surface area contributed by atoms with E-state index in [0.29, 0.717) is 11.5 Å². The molecule has 0 bridgehead atoms. The lowest BCUT2D eigenvalue weighted by Crippen LogP contribution is -1.91. The number of amides is 1. The van der Waals surface area contributed by atoms with Gasteiger partial charge in [0.15, 0.2) is 0 Å². The third kappa shape index (κ3) is 3.51. The Morgan fingerprint density at radius 2 is 2.00 bits per heavy atom. The molecule has 1 aromatic heterocycles. The van der Waals surface area contributed by atoms with Crippen molar-refractivity contribution in [1.29, 1.82) is 0 Å². The van der Waals surface area contributed by atoms with Gasteiger partial charge in [-0.1, -0.05) is 35.1 Å². The summed E-state index contributed by atoms with van der Waals surface area (Å²) in [5.41, 5.74) is 1.20. The minimum Gasteiger partial charge on any atom is -0.303 e. The molecule has 6 heteroatoms. The van der Waals surface area contributed by atoms with E-state index in [1.165, 1.54) is 16.9 Å². The molecule has 1 aromatic carbocycles. The molecule has 0 saturated carbocycles. The van der Waals surface area contributed by atoms with Crippen molar-refractivity contribution in [3.63, 3.8) is 0 Å². The Bertz CT molecular complexity index is 498. The van der Waals surface area contributed by atoms with Crippen LogP contribution in [0.4, 0.5) is 5.13 Å². The monoisotopic (exact) mass is 267 g/mol. The number of anilines is 1. The molecular formula is C11H10ClN3OS. The van der Waals surface area contributed by atoms with Crippen LogP contribution in [0.25, 0.3) is 0 Å². The van der Waals surface area contributed by atoms with Crippen LogP contribution in [0.1, 0.15) is 10.6 Å². The number of nitrogens with zero attached hydrogens (tertiary/aromatic N) is 2. The number of hydrogen-bond donors (Lipinski definition) is 1. The summed E-state index contributed by atoms with van der Waals surface area (Å²) in [6.07, 6.45) is 2.29. The van der Waals surface area contributed by atoms with Gasteiger partial charge < -0.3 is 5.32 Å². The number of hydrogen-bond acceptors (Lipinski definition) is 4. The predicted octanol–water partition coefficient (Wildman–Crippen LogP) is 2.55. The Morgan fingerprint density at radius 3 is 2.71 bits per heavy atom. The van der Waals surface area contributed by atoms with E-state index in [1.807, 2.05) is 24.3 Å². The van der Waals surface area contributed by atoms with Gasteiger partial charge in [0.05, 0.1) is 0 Å². The maximum absolute atomic E-state index is 10.2. The van der Waals surface area contributed by atoms with E-state index >= 15 is 0 Å². The van der Waals surface area contributed by atoms with Gasteiger partial charge in [0.25, 0.3) is 0 Å². The van der Waals surface area contributed by atoms with Crippen molar-refractivity contribution < 1.29 is 4.79 Å². The van der Waals surface area contributed by atoms with E-state index < -0.39 is 0 Å². The molecular weight excluding hydrogens is 258 g/mol. The Hall–Kier alpha value is -1.46. The molecule has 4 nitrogen and oxygen atoms in total. The first kappa shape index (κ1) is 12.0. The van der Waals surface area contributed by atoms with Crippen LogP contribution in [0.5, 0.6) is 0 Å². The molecule has 0 unspecified atom stereocenters. The van der Waals surface area contributed by atoms with Crippen molar-refractivity contribution in [3.05, 3.63) is 39.9 Å². The molecule has 1 amide bonds. The second kappa shape index (κ2) is 5.75. The summed E-state index contributed by atoms with van der Waals surface area (Å²) < 4.78 is 0. The Labute approximate surface area is 108 Å². The van der Waals surface area contributed by atoms with Gasteiger partial charge in [-0.2, -0.15) is 0 Å². The second-order valence-corrected chi connectivity index (χ2v) is 4.89. The van der Waals surface area contributed by atoms with Crippen molar-refractivity contribution >= 4 is 34.5 Å². The van der Waals surface area contributed by atoms with E-state index in [9.17, 15) is 4.79 Å². The van der Waals surface area contributed by atoms with E-state index in [0.717, 1.165) is 22.9 Å². The molecule has 0 radical (unpaired) electrons. The number of aromatic nitrogens is 2. The summed E-state index contributed by atoms with van der Waals surface area (Å²) in [5.74, 6) is 0. The van der Waals surface area contributed by atoms with Gasteiger partial charge in [-0.05, 0) is 24.1 Å². The highest BCUT2D eigenvalue weighted by molar-refractivity contribution is 7.15. The average Bonchev–Trinajstić information content (AvgIpc) is 2.77. The minimum atomic E-state index is 0.533. The van der Waals surface area contributed by atoms with Gasteiger partial charge in [-0.15, -0.1) is 10.2 Å². The normalized spacial score (nSPS) is 10.2. The Balaban J connectivity index is 1.92. The highest BCUT2D eigenvalue weighted by atomic mass is 35.5. The third-order valence-electron chi connectivity index (χ3n) is 2.19. The Kier molecular flexibility index (Phi) is 4.06. The molecule has 88 valence electrons. The minimum absolute atomic E-state index is 0.533. The second-order valence-electron chi connectivity index (χ2n) is 3.39. The largest absolute Gasteiger partial charge is 0.303 e. The van der Waals surface area contributed by atoms with Gasteiger partial charge >= 0.3 is 0 Å². The molecule has 0 aliphatic heterocycles. The van der Waals surface area contributed by atoms with Crippen molar-refractivity contribution in [1.82, 2.24) is 10.2 Å². The summed E-state index contributed by atoms with van der Waals surface area (Å²) in [4.78, 5) is 10.2. The van der Waals surface area contributed by atoms with Crippen LogP contribution in [-0.4, -0.2) is 16.6 Å². The SMILES string of the molecule is O=CNc1nnc(CCc2ccc(Cl)cc2)s1. The molecule has 0 atom stereocenters. The van der Waals surface area contributed by atoms with Crippen LogP contribution >= 0.6 is 22.9 Å². The summed E-state index contributed by atoms with van der Waals surface area (Å²) in [7, 11) is 0. The lowest BCUT2D eigenvalue weighted by molar-refractivity contribution is -0.105. The molecule has 0 fully saturated rings. The molecule has 2 aromatic rings. The lowest BCUT2D eigenvalue weighted by atomic mass is 10.1. The maximum atomic E-state index is 10.2. The summed E-state index contributed by atoms with van der Waals surface area (Å²) in [5, 5.41) is 12.5. The smallest absolute Gasteiger partial charge is 0.213 e. The topological polar surface area (TPSA) is 54.9 Å². The van der Waals surface area contributed by atoms with Crippen LogP contribution in [0.15, 0.2) is 24.3 Å². The zero-order chi connectivity index (χ0) is 12.1. The van der Waals surface area contributed by atoms with Crippen LogP contribution in [0.2, 0.25) is 5.02 Å². The molecule has 1 N–H and O–H groups in total. The Morgan fingerprint density at radius 1 is 1.24 bits per heavy atom. The van der Waals surface area contributed by atoms with Crippen LogP contribution in [-0.2, 0) is 17.6 Å². The van der Waals surface area contributed by atoms with Gasteiger partial charge in [0, 0.05) is 11.4 Å². The third-order valence-corrected chi connectivity index (χ3v) is 3.36. The number of aryl methyl sites for hydroxylation is 2. The van der Waals surface area contributed by atoms with Crippen LogP contribution in [0, 0.1) is 0 Å². The highest BCUT2D eigenvalue weighted by Crippen LogP contribution is 2.17. The number of carbonyl (C=O) groups excluding carboxylic acids is 1. The van der Waals surface area contributed by atoms with Gasteiger partial charge in [-0.3, -0.25) is 4.79 Å². The first-order valence-electron chi connectivity index (χ1n) is 5.05. The van der Waals surface area contributed by atoms with Crippen molar-refractivity contribution in [2.24, 2.45) is 0 Å². The zero-order valence-electron chi connectivity index (χ0n) is 8.89. The van der Waals surface area contributed by atoms with Crippen molar-refractivity contribution in [2.75, 3.05) is 5.32 Å². The average molecular weight is 268 g/mol.